The van der Waals surface area contributed by atoms with Crippen LogP contribution in [0.5, 0.6) is 0 Å². The number of anilines is 3. The lowest BCUT2D eigenvalue weighted by atomic mass is 10.1. The number of nitrogens with one attached hydrogen (secondary N) is 1. The number of carbonyl (C=O) groups excluding carboxylic acids is 2. The summed E-state index contributed by atoms with van der Waals surface area (Å²) >= 11 is 0. The van der Waals surface area contributed by atoms with Gasteiger partial charge in [0, 0.05) is 20.1 Å². The minimum absolute atomic E-state index is 0.0365. The van der Waals surface area contributed by atoms with E-state index in [1.165, 1.54) is 6.20 Å². The van der Waals surface area contributed by atoms with Gasteiger partial charge in [0.15, 0.2) is 0 Å². The Morgan fingerprint density at radius 2 is 1.91 bits per heavy atom. The molecule has 0 aliphatic rings. The lowest BCUT2D eigenvalue weighted by molar-refractivity contribution is -0.140. The van der Waals surface area contributed by atoms with Gasteiger partial charge in [-0.25, -0.2) is 19.1 Å². The normalized spacial score (nSPS) is 11.7. The van der Waals surface area contributed by atoms with Crippen LogP contribution in [0, 0.1) is 12.7 Å². The number of hydrogen-bond acceptors (Lipinski definition) is 7. The average molecular weight is 482 g/mol. The van der Waals surface area contributed by atoms with Gasteiger partial charge in [0.1, 0.15) is 5.82 Å². The van der Waals surface area contributed by atoms with E-state index in [4.69, 9.17) is 4.52 Å². The van der Waals surface area contributed by atoms with Crippen molar-refractivity contribution in [3.63, 3.8) is 0 Å². The summed E-state index contributed by atoms with van der Waals surface area (Å²) in [7, 11) is 5.56. The molecular weight excluding hydrogens is 460 g/mol. The zero-order valence-electron chi connectivity index (χ0n) is 18.8. The molecule has 0 saturated heterocycles. The molecule has 0 saturated carbocycles. The first kappa shape index (κ1) is 24.9. The van der Waals surface area contributed by atoms with E-state index in [0.717, 1.165) is 6.07 Å². The number of amides is 3. The van der Waals surface area contributed by atoms with Gasteiger partial charge in [0.05, 0.1) is 39.9 Å². The van der Waals surface area contributed by atoms with Crippen LogP contribution in [0.15, 0.2) is 28.9 Å². The zero-order valence-corrected chi connectivity index (χ0v) is 18.8. The number of pyridine rings is 1. The van der Waals surface area contributed by atoms with Gasteiger partial charge in [0.2, 0.25) is 6.41 Å². The van der Waals surface area contributed by atoms with Crippen molar-refractivity contribution in [2.75, 3.05) is 49.3 Å². The second-order valence-corrected chi connectivity index (χ2v) is 7.76. The van der Waals surface area contributed by atoms with Gasteiger partial charge in [-0.3, -0.25) is 4.79 Å². The number of benzene rings is 1. The number of carbonyl (C=O) groups is 2. The number of aromatic nitrogens is 2. The first-order valence-corrected chi connectivity index (χ1v) is 9.97. The SMILES string of the molecule is Cc1noc2ncc(NC(=O)N(C=O)c3ccc(F)c(C(F)(F)F)c3)c(N(C)CCN(C)C)c12. The average Bonchev–Trinajstić information content (AvgIpc) is 3.13. The van der Waals surface area contributed by atoms with Gasteiger partial charge in [-0.1, -0.05) is 5.16 Å². The van der Waals surface area contributed by atoms with E-state index in [2.05, 4.69) is 15.5 Å². The molecular formula is C21H22F4N6O3. The number of alkyl halides is 3. The van der Waals surface area contributed by atoms with Crippen molar-refractivity contribution in [1.82, 2.24) is 15.0 Å². The van der Waals surface area contributed by atoms with Crippen LogP contribution in [0.4, 0.5) is 39.4 Å². The zero-order chi connectivity index (χ0) is 25.2. The molecule has 182 valence electrons. The molecule has 0 bridgehead atoms. The van der Waals surface area contributed by atoms with Gasteiger partial charge >= 0.3 is 12.2 Å². The Morgan fingerprint density at radius 1 is 1.21 bits per heavy atom. The summed E-state index contributed by atoms with van der Waals surface area (Å²) in [5, 5.41) is 6.93. The van der Waals surface area contributed by atoms with Crippen molar-refractivity contribution in [2.45, 2.75) is 13.1 Å². The number of imide groups is 1. The van der Waals surface area contributed by atoms with Gasteiger partial charge < -0.3 is 19.6 Å². The highest BCUT2D eigenvalue weighted by molar-refractivity contribution is 6.14. The molecule has 3 rings (SSSR count). The largest absolute Gasteiger partial charge is 0.419 e. The summed E-state index contributed by atoms with van der Waals surface area (Å²) in [6.45, 7) is 2.88. The molecule has 3 aromatic rings. The summed E-state index contributed by atoms with van der Waals surface area (Å²) in [6.07, 6.45) is -3.68. The number of urea groups is 1. The smallest absolute Gasteiger partial charge is 0.371 e. The van der Waals surface area contributed by atoms with E-state index in [1.807, 2.05) is 23.9 Å². The molecule has 34 heavy (non-hydrogen) atoms. The maximum absolute atomic E-state index is 13.6. The molecule has 2 heterocycles. The van der Waals surface area contributed by atoms with E-state index in [-0.39, 0.29) is 17.8 Å². The summed E-state index contributed by atoms with van der Waals surface area (Å²) < 4.78 is 58.1. The monoisotopic (exact) mass is 482 g/mol. The summed E-state index contributed by atoms with van der Waals surface area (Å²) in [5.74, 6) is -1.52. The van der Waals surface area contributed by atoms with E-state index in [1.54, 1.807) is 14.0 Å². The highest BCUT2D eigenvalue weighted by Gasteiger charge is 2.35. The molecule has 0 atom stereocenters. The Labute approximate surface area is 191 Å². The number of fused-ring (bicyclic) bond motifs is 1. The molecule has 0 aliphatic heterocycles. The number of rotatable bonds is 7. The summed E-state index contributed by atoms with van der Waals surface area (Å²) in [4.78, 5) is 32.9. The van der Waals surface area contributed by atoms with Crippen LogP contribution < -0.4 is 15.1 Å². The maximum atomic E-state index is 13.6. The fourth-order valence-electron chi connectivity index (χ4n) is 3.27. The van der Waals surface area contributed by atoms with Crippen LogP contribution in [0.1, 0.15) is 11.3 Å². The Bertz CT molecular complexity index is 1210. The van der Waals surface area contributed by atoms with Crippen LogP contribution >= 0.6 is 0 Å². The van der Waals surface area contributed by atoms with Gasteiger partial charge in [-0.15, -0.1) is 0 Å². The first-order chi connectivity index (χ1) is 15.9. The van der Waals surface area contributed by atoms with Crippen LogP contribution in [0.3, 0.4) is 0 Å². The van der Waals surface area contributed by atoms with Crippen molar-refractivity contribution in [3.05, 3.63) is 41.5 Å². The number of nitrogens with zero attached hydrogens (tertiary/aromatic N) is 5. The molecule has 0 unspecified atom stereocenters. The van der Waals surface area contributed by atoms with Crippen LogP contribution in [-0.2, 0) is 11.0 Å². The van der Waals surface area contributed by atoms with Crippen LogP contribution in [0.2, 0.25) is 0 Å². The Balaban J connectivity index is 2.00. The molecule has 0 aliphatic carbocycles. The lowest BCUT2D eigenvalue weighted by Gasteiger charge is -2.25. The van der Waals surface area contributed by atoms with E-state index in [0.29, 0.717) is 46.9 Å². The third kappa shape index (κ3) is 5.09. The topological polar surface area (TPSA) is 94.8 Å². The standard InChI is InChI=1S/C21H22F4N6O3/c1-12-17-18(30(4)8-7-29(2)3)16(10-26-19(17)34-28-12)27-20(33)31(11-32)13-5-6-15(22)14(9-13)21(23,24)25/h5-6,9-11H,7-8H2,1-4H3,(H,27,33). The quantitative estimate of drug-likeness (QED) is 0.403. The number of aryl methyl sites for hydroxylation is 1. The Kier molecular flexibility index (Phi) is 7.05. The fraction of sp³-hybridized carbons (Fsp3) is 0.333. The maximum Gasteiger partial charge on any atom is 0.419 e. The first-order valence-electron chi connectivity index (χ1n) is 9.97. The van der Waals surface area contributed by atoms with Gasteiger partial charge in [-0.05, 0) is 39.2 Å². The highest BCUT2D eigenvalue weighted by atomic mass is 19.4. The Morgan fingerprint density at radius 3 is 2.53 bits per heavy atom. The Hall–Kier alpha value is -3.74. The molecule has 3 amide bonds. The molecule has 1 N–H and O–H groups in total. The molecule has 0 radical (unpaired) electrons. The number of halogens is 4. The van der Waals surface area contributed by atoms with Crippen molar-refractivity contribution in [1.29, 1.82) is 0 Å². The predicted octanol–water partition coefficient (Wildman–Crippen LogP) is 3.88. The minimum Gasteiger partial charge on any atom is -0.371 e. The van der Waals surface area contributed by atoms with Crippen molar-refractivity contribution >= 4 is 40.6 Å². The van der Waals surface area contributed by atoms with Crippen LogP contribution in [0.25, 0.3) is 11.1 Å². The second-order valence-electron chi connectivity index (χ2n) is 7.76. The fourth-order valence-corrected chi connectivity index (χ4v) is 3.27. The van der Waals surface area contributed by atoms with Gasteiger partial charge in [0.25, 0.3) is 5.71 Å². The van der Waals surface area contributed by atoms with Crippen LogP contribution in [-0.4, -0.2) is 61.7 Å². The summed E-state index contributed by atoms with van der Waals surface area (Å²) in [5.41, 5.74) is -0.653. The van der Waals surface area contributed by atoms with E-state index in [9.17, 15) is 27.2 Å². The molecule has 0 spiro atoms. The molecule has 9 nitrogen and oxygen atoms in total. The third-order valence-electron chi connectivity index (χ3n) is 5.01. The third-order valence-corrected chi connectivity index (χ3v) is 5.01. The van der Waals surface area contributed by atoms with Crippen molar-refractivity contribution in [2.24, 2.45) is 0 Å². The predicted molar refractivity (Wildman–Crippen MR) is 117 cm³/mol. The molecule has 13 heteroatoms. The van der Waals surface area contributed by atoms with Crippen molar-refractivity contribution in [3.8, 4) is 0 Å². The second kappa shape index (κ2) is 9.63. The number of likely N-dealkylation sites (N-methyl/N-ethyl adjacent to an activating group) is 2. The van der Waals surface area contributed by atoms with E-state index >= 15 is 0 Å². The lowest BCUT2D eigenvalue weighted by Crippen LogP contribution is -2.35. The highest BCUT2D eigenvalue weighted by Crippen LogP contribution is 2.36. The number of hydrogen-bond donors (Lipinski definition) is 1. The van der Waals surface area contributed by atoms with Crippen molar-refractivity contribution < 1.29 is 31.7 Å². The molecule has 2 aromatic heterocycles. The van der Waals surface area contributed by atoms with Gasteiger partial charge in [-0.2, -0.15) is 13.2 Å². The molecule has 1 aromatic carbocycles. The molecule has 0 fully saturated rings. The van der Waals surface area contributed by atoms with E-state index < -0.39 is 29.3 Å². The minimum atomic E-state index is -5.01. The summed E-state index contributed by atoms with van der Waals surface area (Å²) in [6, 6.07) is 0.760.